The first-order valence-corrected chi connectivity index (χ1v) is 6.52. The zero-order chi connectivity index (χ0) is 13.1. The van der Waals surface area contributed by atoms with E-state index in [1.165, 1.54) is 6.07 Å². The lowest BCUT2D eigenvalue weighted by atomic mass is 10.0. The molecule has 0 bridgehead atoms. The maximum absolute atomic E-state index is 13.7. The van der Waals surface area contributed by atoms with Crippen molar-refractivity contribution in [2.24, 2.45) is 0 Å². The molecule has 0 aromatic heterocycles. The summed E-state index contributed by atoms with van der Waals surface area (Å²) in [5.74, 6) is -0.255. The average Bonchev–Trinajstić information content (AvgIpc) is 2.35. The van der Waals surface area contributed by atoms with Crippen LogP contribution in [-0.4, -0.2) is 0 Å². The molecule has 1 unspecified atom stereocenters. The van der Waals surface area contributed by atoms with Crippen LogP contribution in [0.2, 0.25) is 5.02 Å². The Labute approximate surface area is 116 Å². The molecule has 0 aliphatic rings. The highest BCUT2D eigenvalue weighted by Gasteiger charge is 2.13. The molecule has 2 rings (SSSR count). The van der Waals surface area contributed by atoms with Gasteiger partial charge in [0.1, 0.15) is 5.82 Å². The second-order valence-corrected chi connectivity index (χ2v) is 5.29. The van der Waals surface area contributed by atoms with Crippen molar-refractivity contribution in [1.82, 2.24) is 0 Å². The Bertz CT molecular complexity index is 535. The Hall–Kier alpha value is -1.05. The maximum atomic E-state index is 13.7. The minimum Gasteiger partial charge on any atom is -0.207 e. The van der Waals surface area contributed by atoms with Crippen molar-refractivity contribution in [1.29, 1.82) is 0 Å². The second-order valence-electron chi connectivity index (χ2n) is 4.32. The fraction of sp³-hybridized carbons (Fsp3) is 0.200. The topological polar surface area (TPSA) is 0 Å². The van der Waals surface area contributed by atoms with Crippen LogP contribution in [0, 0.1) is 12.7 Å². The molecule has 0 N–H and O–H groups in total. The molecule has 0 nitrogen and oxygen atoms in total. The van der Waals surface area contributed by atoms with Crippen LogP contribution in [0.5, 0.6) is 0 Å². The van der Waals surface area contributed by atoms with Crippen molar-refractivity contribution in [3.63, 3.8) is 0 Å². The van der Waals surface area contributed by atoms with Crippen LogP contribution in [-0.2, 0) is 6.42 Å². The van der Waals surface area contributed by atoms with Crippen molar-refractivity contribution in [3.8, 4) is 0 Å². The normalized spacial score (nSPS) is 12.4. The number of benzene rings is 2. The van der Waals surface area contributed by atoms with E-state index in [2.05, 4.69) is 0 Å². The van der Waals surface area contributed by atoms with Crippen LogP contribution in [0.25, 0.3) is 0 Å². The highest BCUT2D eigenvalue weighted by molar-refractivity contribution is 6.30. The van der Waals surface area contributed by atoms with E-state index in [0.717, 1.165) is 11.1 Å². The molecule has 94 valence electrons. The summed E-state index contributed by atoms with van der Waals surface area (Å²) in [6, 6.07) is 12.4. The molecule has 2 aromatic carbocycles. The predicted molar refractivity (Wildman–Crippen MR) is 74.9 cm³/mol. The largest absolute Gasteiger partial charge is 0.207 e. The van der Waals surface area contributed by atoms with E-state index < -0.39 is 0 Å². The Balaban J connectivity index is 2.18. The van der Waals surface area contributed by atoms with Gasteiger partial charge in [0.05, 0.1) is 5.38 Å². The third-order valence-electron chi connectivity index (χ3n) is 2.82. The van der Waals surface area contributed by atoms with Crippen molar-refractivity contribution >= 4 is 23.2 Å². The first-order chi connectivity index (χ1) is 8.56. The van der Waals surface area contributed by atoms with Gasteiger partial charge >= 0.3 is 0 Å². The first-order valence-electron chi connectivity index (χ1n) is 5.71. The van der Waals surface area contributed by atoms with E-state index in [9.17, 15) is 4.39 Å². The minimum absolute atomic E-state index is 0.255. The molecular weight excluding hydrogens is 270 g/mol. The van der Waals surface area contributed by atoms with E-state index >= 15 is 0 Å². The predicted octanol–water partition coefficient (Wildman–Crippen LogP) is 5.31. The summed E-state index contributed by atoms with van der Waals surface area (Å²) in [5, 5.41) is 0.317. The lowest BCUT2D eigenvalue weighted by molar-refractivity contribution is 0.605. The van der Waals surface area contributed by atoms with Crippen LogP contribution in [0.15, 0.2) is 42.5 Å². The number of hydrogen-bond donors (Lipinski definition) is 0. The molecule has 0 amide bonds. The number of rotatable bonds is 3. The molecule has 18 heavy (non-hydrogen) atoms. The molecule has 0 aliphatic carbocycles. The van der Waals surface area contributed by atoms with Crippen molar-refractivity contribution in [3.05, 3.63) is 70.0 Å². The molecule has 0 saturated carbocycles. The zero-order valence-electron chi connectivity index (χ0n) is 9.96. The second kappa shape index (κ2) is 5.73. The van der Waals surface area contributed by atoms with Gasteiger partial charge in [-0.3, -0.25) is 0 Å². The molecule has 3 heteroatoms. The van der Waals surface area contributed by atoms with Gasteiger partial charge in [0, 0.05) is 10.6 Å². The van der Waals surface area contributed by atoms with Crippen LogP contribution in [0.3, 0.4) is 0 Å². The summed E-state index contributed by atoms with van der Waals surface area (Å²) in [4.78, 5) is 0. The molecular formula is C15H13Cl2F. The van der Waals surface area contributed by atoms with Gasteiger partial charge in [-0.05, 0) is 37.1 Å². The monoisotopic (exact) mass is 282 g/mol. The lowest BCUT2D eigenvalue weighted by Crippen LogP contribution is -1.99. The van der Waals surface area contributed by atoms with Gasteiger partial charge in [0.15, 0.2) is 0 Å². The molecule has 0 spiro atoms. The summed E-state index contributed by atoms with van der Waals surface area (Å²) in [6.45, 7) is 1.93. The van der Waals surface area contributed by atoms with Gasteiger partial charge in [0.25, 0.3) is 0 Å². The van der Waals surface area contributed by atoms with Crippen LogP contribution in [0.1, 0.15) is 22.1 Å². The Morgan fingerprint density at radius 2 is 1.78 bits per heavy atom. The molecule has 0 aliphatic heterocycles. The smallest absolute Gasteiger partial charge is 0.127 e. The van der Waals surface area contributed by atoms with Gasteiger partial charge in [-0.1, -0.05) is 41.4 Å². The molecule has 0 fully saturated rings. The third kappa shape index (κ3) is 3.24. The maximum Gasteiger partial charge on any atom is 0.127 e. The van der Waals surface area contributed by atoms with Crippen LogP contribution in [0.4, 0.5) is 4.39 Å². The molecule has 2 aromatic rings. The van der Waals surface area contributed by atoms with Crippen LogP contribution >= 0.6 is 23.2 Å². The number of halogens is 3. The number of alkyl halides is 1. The van der Waals surface area contributed by atoms with Gasteiger partial charge in [0.2, 0.25) is 0 Å². The van der Waals surface area contributed by atoms with Crippen molar-refractivity contribution < 1.29 is 4.39 Å². The molecule has 0 saturated heterocycles. The first kappa shape index (κ1) is 13.4. The summed E-state index contributed by atoms with van der Waals surface area (Å²) in [6.07, 6.45) is 0.582. The summed E-state index contributed by atoms with van der Waals surface area (Å²) in [7, 11) is 0. The summed E-state index contributed by atoms with van der Waals surface area (Å²) >= 11 is 12.1. The standard InChI is InChI=1S/C15H13Cl2F/c1-10-2-7-15(18)13(8-10)14(17)9-11-3-5-12(16)6-4-11/h2-8,14H,9H2,1H3. The minimum atomic E-state index is -0.369. The quantitative estimate of drug-likeness (QED) is 0.669. The van der Waals surface area contributed by atoms with Crippen molar-refractivity contribution in [2.75, 3.05) is 0 Å². The SMILES string of the molecule is Cc1ccc(F)c(C(Cl)Cc2ccc(Cl)cc2)c1. The summed E-state index contributed by atoms with van der Waals surface area (Å²) < 4.78 is 13.7. The number of hydrogen-bond acceptors (Lipinski definition) is 0. The van der Waals surface area contributed by atoms with E-state index in [4.69, 9.17) is 23.2 Å². The number of aryl methyl sites for hydroxylation is 1. The fourth-order valence-corrected chi connectivity index (χ4v) is 2.31. The lowest BCUT2D eigenvalue weighted by Gasteiger charge is -2.12. The van der Waals surface area contributed by atoms with E-state index in [1.54, 1.807) is 12.1 Å². The van der Waals surface area contributed by atoms with E-state index in [1.807, 2.05) is 31.2 Å². The van der Waals surface area contributed by atoms with Gasteiger partial charge in [-0.15, -0.1) is 11.6 Å². The highest BCUT2D eigenvalue weighted by atomic mass is 35.5. The average molecular weight is 283 g/mol. The summed E-state index contributed by atoms with van der Waals surface area (Å²) in [5.41, 5.74) is 2.60. The Kier molecular flexibility index (Phi) is 4.26. The van der Waals surface area contributed by atoms with Gasteiger partial charge in [-0.2, -0.15) is 0 Å². The van der Waals surface area contributed by atoms with Crippen molar-refractivity contribution in [2.45, 2.75) is 18.7 Å². The molecule has 1 atom stereocenters. The zero-order valence-corrected chi connectivity index (χ0v) is 11.5. The van der Waals surface area contributed by atoms with E-state index in [-0.39, 0.29) is 11.2 Å². The fourth-order valence-electron chi connectivity index (χ4n) is 1.84. The van der Waals surface area contributed by atoms with Gasteiger partial charge < -0.3 is 0 Å². The van der Waals surface area contributed by atoms with Gasteiger partial charge in [-0.25, -0.2) is 4.39 Å². The van der Waals surface area contributed by atoms with E-state index in [0.29, 0.717) is 17.0 Å². The molecule has 0 radical (unpaired) electrons. The third-order valence-corrected chi connectivity index (χ3v) is 3.46. The Morgan fingerprint density at radius 1 is 1.11 bits per heavy atom. The highest BCUT2D eigenvalue weighted by Crippen LogP contribution is 2.28. The molecule has 0 heterocycles. The Morgan fingerprint density at radius 3 is 2.44 bits per heavy atom. The van der Waals surface area contributed by atoms with Crippen LogP contribution < -0.4 is 0 Å².